The van der Waals surface area contributed by atoms with E-state index in [0.717, 1.165) is 19.1 Å². The molecule has 1 aliphatic rings. The van der Waals surface area contributed by atoms with Gasteiger partial charge in [-0.2, -0.15) is 0 Å². The average Bonchev–Trinajstić information content (AvgIpc) is 2.90. The summed E-state index contributed by atoms with van der Waals surface area (Å²) < 4.78 is 74.5. The number of nitrogens with one attached hydrogen (secondary N) is 1. The van der Waals surface area contributed by atoms with Gasteiger partial charge in [0, 0.05) is 23.0 Å². The second kappa shape index (κ2) is 8.86. The summed E-state index contributed by atoms with van der Waals surface area (Å²) in [5.74, 6) is -2.78. The van der Waals surface area contributed by atoms with Crippen LogP contribution in [0, 0.1) is 11.6 Å². The van der Waals surface area contributed by atoms with Crippen molar-refractivity contribution in [1.82, 2.24) is 0 Å². The summed E-state index contributed by atoms with van der Waals surface area (Å²) >= 11 is 5.94. The Hall–Kier alpha value is -2.21. The van der Waals surface area contributed by atoms with Gasteiger partial charge < -0.3 is 14.0 Å². The molecule has 178 valence electrons. The maximum absolute atomic E-state index is 15.3. The number of carbonyl (C=O) groups is 1. The van der Waals surface area contributed by atoms with Gasteiger partial charge in [-0.15, -0.1) is 0 Å². The van der Waals surface area contributed by atoms with Crippen molar-refractivity contribution in [2.45, 2.75) is 57.3 Å². The van der Waals surface area contributed by atoms with E-state index in [1.165, 1.54) is 18.2 Å². The fraction of sp³-hybridized carbons (Fsp3) is 0.381. The summed E-state index contributed by atoms with van der Waals surface area (Å²) in [5.41, 5.74) is -2.16. The minimum absolute atomic E-state index is 0.0176. The Kier molecular flexibility index (Phi) is 6.83. The number of ether oxygens (including phenoxy) is 1. The molecule has 0 aromatic heterocycles. The van der Waals surface area contributed by atoms with Crippen LogP contribution in [0.2, 0.25) is 5.02 Å². The van der Waals surface area contributed by atoms with Crippen LogP contribution in [0.1, 0.15) is 40.2 Å². The zero-order chi connectivity index (χ0) is 24.8. The van der Waals surface area contributed by atoms with Crippen LogP contribution in [0.15, 0.2) is 35.2 Å². The van der Waals surface area contributed by atoms with Gasteiger partial charge >= 0.3 is 13.1 Å². The van der Waals surface area contributed by atoms with E-state index in [9.17, 15) is 17.6 Å². The Labute approximate surface area is 196 Å². The van der Waals surface area contributed by atoms with E-state index in [1.54, 1.807) is 27.7 Å². The number of benzene rings is 2. The molecule has 33 heavy (non-hydrogen) atoms. The molecule has 2 aromatic carbocycles. The van der Waals surface area contributed by atoms with Gasteiger partial charge in [-0.25, -0.2) is 17.2 Å². The first-order chi connectivity index (χ1) is 15.1. The van der Waals surface area contributed by atoms with Gasteiger partial charge in [0.1, 0.15) is 23.1 Å². The topological polar surface area (TPSA) is 90.9 Å². The van der Waals surface area contributed by atoms with Crippen molar-refractivity contribution < 1.29 is 36.0 Å². The summed E-state index contributed by atoms with van der Waals surface area (Å²) in [5, 5.41) is -0.106. The number of esters is 1. The first kappa shape index (κ1) is 25.4. The Morgan fingerprint density at radius 2 is 1.73 bits per heavy atom. The van der Waals surface area contributed by atoms with Crippen LogP contribution in [0.4, 0.5) is 14.5 Å². The Balaban J connectivity index is 1.95. The zero-order valence-corrected chi connectivity index (χ0v) is 20.2. The van der Waals surface area contributed by atoms with E-state index in [0.29, 0.717) is 0 Å². The predicted molar refractivity (Wildman–Crippen MR) is 120 cm³/mol. The van der Waals surface area contributed by atoms with Gasteiger partial charge in [-0.3, -0.25) is 9.52 Å². The molecule has 1 fully saturated rings. The quantitative estimate of drug-likeness (QED) is 0.478. The van der Waals surface area contributed by atoms with Crippen LogP contribution < -0.4 is 10.2 Å². The number of hydrogen-bond acceptors (Lipinski definition) is 6. The lowest BCUT2D eigenvalue weighted by Crippen LogP contribution is -2.41. The highest BCUT2D eigenvalue weighted by atomic mass is 35.5. The van der Waals surface area contributed by atoms with Crippen LogP contribution >= 0.6 is 11.6 Å². The molecule has 0 bridgehead atoms. The largest absolute Gasteiger partial charge is 0.497 e. The fourth-order valence-electron chi connectivity index (χ4n) is 3.08. The molecule has 2 aromatic rings. The van der Waals surface area contributed by atoms with Gasteiger partial charge in [0.2, 0.25) is 0 Å². The number of anilines is 1. The summed E-state index contributed by atoms with van der Waals surface area (Å²) in [7, 11) is -5.68. The lowest BCUT2D eigenvalue weighted by atomic mass is 9.78. The highest BCUT2D eigenvalue weighted by Gasteiger charge is 2.52. The third-order valence-electron chi connectivity index (χ3n) is 5.58. The zero-order valence-electron chi connectivity index (χ0n) is 18.7. The van der Waals surface area contributed by atoms with Crippen LogP contribution in [0.25, 0.3) is 0 Å². The van der Waals surface area contributed by atoms with E-state index in [4.69, 9.17) is 25.6 Å². The standard InChI is InChI=1S/C21H23BClF2NO6S/c1-12(27)30-11-13-9-14(23)10-17(18(13)24)33(28,29)26-16-8-6-7-15(19(16)25)22-31-20(2,3)21(4,5)32-22/h6-10,26H,11H2,1-5H3. The average molecular weight is 502 g/mol. The highest BCUT2D eigenvalue weighted by molar-refractivity contribution is 7.92. The van der Waals surface area contributed by atoms with Crippen LogP contribution in [-0.4, -0.2) is 32.7 Å². The molecule has 12 heteroatoms. The molecule has 3 rings (SSSR count). The molecular weight excluding hydrogens is 479 g/mol. The van der Waals surface area contributed by atoms with E-state index >= 15 is 4.39 Å². The summed E-state index contributed by atoms with van der Waals surface area (Å²) in [6.07, 6.45) is 0. The number of rotatable bonds is 6. The van der Waals surface area contributed by atoms with Crippen molar-refractivity contribution in [3.8, 4) is 0 Å². The van der Waals surface area contributed by atoms with Gasteiger partial charge in [-0.05, 0) is 45.9 Å². The van der Waals surface area contributed by atoms with Gasteiger partial charge in [0.15, 0.2) is 0 Å². The van der Waals surface area contributed by atoms with Crippen molar-refractivity contribution in [2.24, 2.45) is 0 Å². The highest BCUT2D eigenvalue weighted by Crippen LogP contribution is 2.37. The van der Waals surface area contributed by atoms with E-state index in [-0.39, 0.29) is 16.0 Å². The molecule has 0 unspecified atom stereocenters. The van der Waals surface area contributed by atoms with Crippen molar-refractivity contribution in [1.29, 1.82) is 0 Å². The van der Waals surface area contributed by atoms with Crippen molar-refractivity contribution in [3.63, 3.8) is 0 Å². The molecular formula is C21H23BClF2NO6S. The molecule has 0 saturated carbocycles. The first-order valence-electron chi connectivity index (χ1n) is 9.93. The minimum Gasteiger partial charge on any atom is -0.461 e. The van der Waals surface area contributed by atoms with Gasteiger partial charge in [0.05, 0.1) is 16.9 Å². The molecule has 1 aliphatic heterocycles. The molecule has 0 aliphatic carbocycles. The molecule has 1 saturated heterocycles. The fourth-order valence-corrected chi connectivity index (χ4v) is 4.59. The smallest absolute Gasteiger partial charge is 0.461 e. The minimum atomic E-state index is -4.61. The Morgan fingerprint density at radius 3 is 2.30 bits per heavy atom. The summed E-state index contributed by atoms with van der Waals surface area (Å²) in [4.78, 5) is 10.2. The van der Waals surface area contributed by atoms with E-state index < -0.39 is 63.1 Å². The second-order valence-corrected chi connectivity index (χ2v) is 10.6. The van der Waals surface area contributed by atoms with Crippen LogP contribution in [-0.2, 0) is 35.5 Å². The second-order valence-electron chi connectivity index (χ2n) is 8.56. The summed E-state index contributed by atoms with van der Waals surface area (Å²) in [6.45, 7) is 7.80. The first-order valence-corrected chi connectivity index (χ1v) is 11.8. The van der Waals surface area contributed by atoms with Crippen LogP contribution in [0.3, 0.4) is 0 Å². The number of halogens is 3. The molecule has 7 nitrogen and oxygen atoms in total. The predicted octanol–water partition coefficient (Wildman–Crippen LogP) is 3.78. The van der Waals surface area contributed by atoms with Gasteiger partial charge in [0.25, 0.3) is 10.0 Å². The van der Waals surface area contributed by atoms with Gasteiger partial charge in [-0.1, -0.05) is 23.7 Å². The van der Waals surface area contributed by atoms with Crippen molar-refractivity contribution >= 4 is 45.9 Å². The number of carbonyl (C=O) groups excluding carboxylic acids is 1. The molecule has 0 atom stereocenters. The molecule has 0 amide bonds. The maximum atomic E-state index is 15.3. The molecule has 0 radical (unpaired) electrons. The maximum Gasteiger partial charge on any atom is 0.497 e. The number of sulfonamides is 1. The number of hydrogen-bond donors (Lipinski definition) is 1. The van der Waals surface area contributed by atoms with E-state index in [1.807, 2.05) is 4.72 Å². The molecule has 1 N–H and O–H groups in total. The van der Waals surface area contributed by atoms with E-state index in [2.05, 4.69) is 0 Å². The van der Waals surface area contributed by atoms with Crippen molar-refractivity contribution in [3.05, 3.63) is 52.6 Å². The lowest BCUT2D eigenvalue weighted by molar-refractivity contribution is -0.142. The summed E-state index contributed by atoms with van der Waals surface area (Å²) in [6, 6.07) is 6.03. The van der Waals surface area contributed by atoms with Crippen molar-refractivity contribution in [2.75, 3.05) is 4.72 Å². The normalized spacial score (nSPS) is 17.2. The third kappa shape index (κ3) is 5.16. The SMILES string of the molecule is CC(=O)OCc1cc(Cl)cc(S(=O)(=O)Nc2cccc(B3OC(C)(C)C(C)(C)O3)c2F)c1F. The lowest BCUT2D eigenvalue weighted by Gasteiger charge is -2.32. The molecule has 1 heterocycles. The Bertz CT molecular complexity index is 1190. The Morgan fingerprint density at radius 1 is 1.12 bits per heavy atom. The molecule has 0 spiro atoms. The van der Waals surface area contributed by atoms with Crippen LogP contribution in [0.5, 0.6) is 0 Å². The third-order valence-corrected chi connectivity index (χ3v) is 7.16. The monoisotopic (exact) mass is 501 g/mol.